The highest BCUT2D eigenvalue weighted by Gasteiger charge is 2.22. The summed E-state index contributed by atoms with van der Waals surface area (Å²) in [4.78, 5) is 15.6. The van der Waals surface area contributed by atoms with E-state index in [2.05, 4.69) is 4.99 Å². The summed E-state index contributed by atoms with van der Waals surface area (Å²) in [7, 11) is 0. The zero-order valence-electron chi connectivity index (χ0n) is 13.1. The smallest absolute Gasteiger partial charge is 0.147 e. The third-order valence-electron chi connectivity index (χ3n) is 3.69. The van der Waals surface area contributed by atoms with Crippen molar-refractivity contribution < 1.29 is 13.6 Å². The molecule has 0 aromatic heterocycles. The number of carbonyl (C=O) groups is 1. The lowest BCUT2D eigenvalue weighted by atomic mass is 9.88. The molecular formula is C17H20F2N2O. The monoisotopic (exact) mass is 306 g/mol. The minimum atomic E-state index is -1.23. The lowest BCUT2D eigenvalue weighted by Crippen LogP contribution is -2.11. The lowest BCUT2D eigenvalue weighted by Gasteiger charge is -2.14. The molecule has 0 spiro atoms. The largest absolute Gasteiger partial charge is 0.299 e. The average molecular weight is 306 g/mol. The molecule has 1 aliphatic heterocycles. The number of aliphatic imine (C=N–C) groups is 1. The van der Waals surface area contributed by atoms with Gasteiger partial charge in [0.25, 0.3) is 0 Å². The van der Waals surface area contributed by atoms with E-state index in [4.69, 9.17) is 0 Å². The van der Waals surface area contributed by atoms with Crippen molar-refractivity contribution in [3.8, 4) is 6.07 Å². The number of hydrogen-bond acceptors (Lipinski definition) is 3. The molecule has 0 saturated heterocycles. The molecule has 0 amide bonds. The van der Waals surface area contributed by atoms with E-state index in [1.165, 1.54) is 25.3 Å². The van der Waals surface area contributed by atoms with Crippen molar-refractivity contribution in [2.75, 3.05) is 6.67 Å². The first-order chi connectivity index (χ1) is 10.4. The van der Waals surface area contributed by atoms with Crippen LogP contribution in [0.25, 0.3) is 0 Å². The highest BCUT2D eigenvalue weighted by Crippen LogP contribution is 2.29. The van der Waals surface area contributed by atoms with Gasteiger partial charge in [-0.05, 0) is 43.1 Å². The Morgan fingerprint density at radius 2 is 2.27 bits per heavy atom. The Kier molecular flexibility index (Phi) is 6.84. The quantitative estimate of drug-likeness (QED) is 0.770. The van der Waals surface area contributed by atoms with Crippen LogP contribution in [-0.2, 0) is 4.79 Å². The van der Waals surface area contributed by atoms with E-state index in [0.29, 0.717) is 16.7 Å². The van der Waals surface area contributed by atoms with Crippen molar-refractivity contribution in [1.82, 2.24) is 0 Å². The molecule has 0 saturated carbocycles. The molecule has 1 heterocycles. The Bertz CT molecular complexity index is 594. The molecule has 0 bridgehead atoms. The molecular weight excluding hydrogens is 286 g/mol. The second-order valence-electron chi connectivity index (χ2n) is 5.19. The fraction of sp³-hybridized carbons (Fsp3) is 0.471. The minimum absolute atomic E-state index is 0.0380. The highest BCUT2D eigenvalue weighted by atomic mass is 19.1. The van der Waals surface area contributed by atoms with Crippen LogP contribution < -0.4 is 0 Å². The van der Waals surface area contributed by atoms with Gasteiger partial charge in [-0.3, -0.25) is 4.79 Å². The summed E-state index contributed by atoms with van der Waals surface area (Å²) in [5.41, 5.74) is 1.55. The van der Waals surface area contributed by atoms with E-state index in [9.17, 15) is 18.8 Å². The summed E-state index contributed by atoms with van der Waals surface area (Å²) in [5.74, 6) is -0.415. The van der Waals surface area contributed by atoms with E-state index in [1.807, 2.05) is 6.07 Å². The Morgan fingerprint density at radius 1 is 1.59 bits per heavy atom. The number of halogens is 2. The van der Waals surface area contributed by atoms with Crippen molar-refractivity contribution in [2.24, 2.45) is 10.9 Å². The van der Waals surface area contributed by atoms with Crippen LogP contribution in [-0.4, -0.2) is 24.3 Å². The standard InChI is InChI=1S/C17H20F2N2O/c1-4-15(19)8-16-13(5-6-18)7-14(11(2)12(3)22)10-21-17(16)9-20/h5,8,10-11,15H,4,6-7H2,1-3H3/b13-5-,16-8+. The van der Waals surface area contributed by atoms with Crippen LogP contribution in [0.3, 0.4) is 0 Å². The predicted octanol–water partition coefficient (Wildman–Crippen LogP) is 4.03. The maximum absolute atomic E-state index is 13.7. The lowest BCUT2D eigenvalue weighted by molar-refractivity contribution is -0.119. The summed E-state index contributed by atoms with van der Waals surface area (Å²) in [6.07, 6.45) is 3.39. The first-order valence-electron chi connectivity index (χ1n) is 7.23. The molecule has 0 N–H and O–H groups in total. The predicted molar refractivity (Wildman–Crippen MR) is 82.9 cm³/mol. The van der Waals surface area contributed by atoms with E-state index < -0.39 is 12.8 Å². The van der Waals surface area contributed by atoms with Gasteiger partial charge in [-0.2, -0.15) is 5.26 Å². The minimum Gasteiger partial charge on any atom is -0.299 e. The molecule has 1 aliphatic rings. The van der Waals surface area contributed by atoms with Gasteiger partial charge in [-0.15, -0.1) is 0 Å². The Morgan fingerprint density at radius 3 is 2.77 bits per heavy atom. The molecule has 0 fully saturated rings. The molecule has 22 heavy (non-hydrogen) atoms. The number of rotatable bonds is 5. The first-order valence-corrected chi connectivity index (χ1v) is 7.23. The second-order valence-corrected chi connectivity index (χ2v) is 5.19. The van der Waals surface area contributed by atoms with Crippen molar-refractivity contribution in [3.63, 3.8) is 0 Å². The molecule has 0 aromatic carbocycles. The van der Waals surface area contributed by atoms with Crippen LogP contribution in [0, 0.1) is 17.2 Å². The van der Waals surface area contributed by atoms with Crippen molar-refractivity contribution in [2.45, 2.75) is 39.8 Å². The number of nitrogens with zero attached hydrogens (tertiary/aromatic N) is 2. The molecule has 0 radical (unpaired) electrons. The Labute approximate surface area is 129 Å². The zero-order valence-corrected chi connectivity index (χ0v) is 13.1. The molecule has 5 heteroatoms. The maximum atomic E-state index is 13.7. The molecule has 3 nitrogen and oxygen atoms in total. The molecule has 0 aromatic rings. The number of nitriles is 1. The van der Waals surface area contributed by atoms with E-state index >= 15 is 0 Å². The highest BCUT2D eigenvalue weighted by molar-refractivity contribution is 6.14. The molecule has 118 valence electrons. The van der Waals surface area contributed by atoms with Crippen LogP contribution in [0.2, 0.25) is 0 Å². The van der Waals surface area contributed by atoms with Gasteiger partial charge in [0, 0.05) is 17.7 Å². The third-order valence-corrected chi connectivity index (χ3v) is 3.69. The molecule has 0 aliphatic carbocycles. The number of allylic oxidation sites excluding steroid dienone is 5. The fourth-order valence-corrected chi connectivity index (χ4v) is 2.10. The van der Waals surface area contributed by atoms with Gasteiger partial charge in [-0.25, -0.2) is 13.8 Å². The summed E-state index contributed by atoms with van der Waals surface area (Å²) in [6.45, 7) is 4.16. The van der Waals surface area contributed by atoms with Crippen LogP contribution >= 0.6 is 0 Å². The maximum Gasteiger partial charge on any atom is 0.147 e. The number of Topliss-reactive ketones (excluding diaryl/α,β-unsaturated/α-hetero) is 1. The normalized spacial score (nSPS) is 21.6. The van der Waals surface area contributed by atoms with Crippen molar-refractivity contribution in [1.29, 1.82) is 5.26 Å². The van der Waals surface area contributed by atoms with Crippen LogP contribution in [0.4, 0.5) is 8.78 Å². The summed E-state index contributed by atoms with van der Waals surface area (Å²) in [5, 5.41) is 9.23. The topological polar surface area (TPSA) is 53.2 Å². The van der Waals surface area contributed by atoms with Gasteiger partial charge >= 0.3 is 0 Å². The molecule has 1 rings (SSSR count). The third kappa shape index (κ3) is 4.45. The number of hydrogen-bond donors (Lipinski definition) is 0. The van der Waals surface area contributed by atoms with Gasteiger partial charge in [0.1, 0.15) is 30.4 Å². The van der Waals surface area contributed by atoms with Crippen LogP contribution in [0.5, 0.6) is 0 Å². The van der Waals surface area contributed by atoms with Crippen LogP contribution in [0.15, 0.2) is 40.1 Å². The van der Waals surface area contributed by atoms with Crippen molar-refractivity contribution >= 4 is 11.5 Å². The summed E-state index contributed by atoms with van der Waals surface area (Å²) < 4.78 is 26.5. The SMILES string of the molecule is CCC(F)/C=C1/C(C#N)=NC=C(C(C)C(C)=O)C/C1=C/CF. The zero-order chi connectivity index (χ0) is 16.7. The van der Waals surface area contributed by atoms with E-state index in [-0.39, 0.29) is 30.3 Å². The van der Waals surface area contributed by atoms with Crippen LogP contribution in [0.1, 0.15) is 33.6 Å². The molecule has 2 atom stereocenters. The number of carbonyl (C=O) groups excluding carboxylic acids is 1. The van der Waals surface area contributed by atoms with Gasteiger partial charge < -0.3 is 0 Å². The average Bonchev–Trinajstić information content (AvgIpc) is 2.66. The van der Waals surface area contributed by atoms with Gasteiger partial charge in [0.2, 0.25) is 0 Å². The van der Waals surface area contributed by atoms with Gasteiger partial charge in [0.05, 0.1) is 0 Å². The Hall–Kier alpha value is -2.09. The molecule has 2 unspecified atom stereocenters. The van der Waals surface area contributed by atoms with E-state index in [0.717, 1.165) is 0 Å². The Balaban J connectivity index is 3.35. The fourth-order valence-electron chi connectivity index (χ4n) is 2.10. The summed E-state index contributed by atoms with van der Waals surface area (Å²) >= 11 is 0. The number of alkyl halides is 2. The summed E-state index contributed by atoms with van der Waals surface area (Å²) in [6, 6.07) is 1.92. The number of ketones is 1. The van der Waals surface area contributed by atoms with E-state index in [1.54, 1.807) is 13.8 Å². The van der Waals surface area contributed by atoms with Gasteiger partial charge in [-0.1, -0.05) is 13.8 Å². The van der Waals surface area contributed by atoms with Gasteiger partial charge in [0.15, 0.2) is 0 Å². The first kappa shape index (κ1) is 18.0. The van der Waals surface area contributed by atoms with Crippen molar-refractivity contribution in [3.05, 3.63) is 35.1 Å². The second kappa shape index (κ2) is 8.38.